The lowest BCUT2D eigenvalue weighted by Crippen LogP contribution is -2.28. The van der Waals surface area contributed by atoms with Gasteiger partial charge in [0.15, 0.2) is 0 Å². The van der Waals surface area contributed by atoms with E-state index in [-0.39, 0.29) is 5.41 Å². The second-order valence-corrected chi connectivity index (χ2v) is 17.9. The van der Waals surface area contributed by atoms with Gasteiger partial charge in [-0.05, 0) is 115 Å². The monoisotopic (exact) mass is 783 g/mol. The van der Waals surface area contributed by atoms with Crippen LogP contribution in [-0.4, -0.2) is 0 Å². The number of nitrogens with zero attached hydrogens (tertiary/aromatic N) is 1. The molecule has 0 saturated heterocycles. The highest BCUT2D eigenvalue weighted by molar-refractivity contribution is 7.25. The fraction of sp³-hybridized carbons (Fsp3) is 0.0690. The third-order valence-electron chi connectivity index (χ3n) is 13.4. The van der Waals surface area contributed by atoms with E-state index in [1.165, 1.54) is 86.9 Å². The Morgan fingerprint density at radius 2 is 0.883 bits per heavy atom. The van der Waals surface area contributed by atoms with Crippen LogP contribution in [0.4, 0.5) is 17.1 Å². The molecular formula is C58H41NS. The highest BCUT2D eigenvalue weighted by Crippen LogP contribution is 2.57. The summed E-state index contributed by atoms with van der Waals surface area (Å²) in [5, 5.41) is 2.58. The molecule has 0 atom stereocenters. The topological polar surface area (TPSA) is 3.24 Å². The van der Waals surface area contributed by atoms with Crippen molar-refractivity contribution in [1.29, 1.82) is 0 Å². The smallest absolute Gasteiger partial charge is 0.0713 e. The van der Waals surface area contributed by atoms with E-state index in [0.717, 1.165) is 17.1 Å². The normalized spacial score (nSPS) is 14.1. The maximum absolute atomic E-state index is 2.49. The Labute approximate surface area is 355 Å². The van der Waals surface area contributed by atoms with E-state index in [9.17, 15) is 0 Å². The zero-order valence-corrected chi connectivity index (χ0v) is 34.4. The van der Waals surface area contributed by atoms with Crippen LogP contribution in [0.15, 0.2) is 212 Å². The Bertz CT molecular complexity index is 3240. The zero-order chi connectivity index (χ0) is 40.0. The molecule has 0 unspecified atom stereocenters. The third kappa shape index (κ3) is 5.04. The van der Waals surface area contributed by atoms with Crippen molar-refractivity contribution in [2.75, 3.05) is 4.90 Å². The number of hydrogen-bond donors (Lipinski definition) is 0. The van der Waals surface area contributed by atoms with Gasteiger partial charge in [-0.15, -0.1) is 11.3 Å². The van der Waals surface area contributed by atoms with Gasteiger partial charge in [-0.25, -0.2) is 0 Å². The summed E-state index contributed by atoms with van der Waals surface area (Å²) in [6.07, 6.45) is 0. The van der Waals surface area contributed by atoms with Crippen molar-refractivity contribution >= 4 is 48.6 Å². The molecule has 0 saturated carbocycles. The summed E-state index contributed by atoms with van der Waals surface area (Å²) >= 11 is 1.89. The summed E-state index contributed by atoms with van der Waals surface area (Å²) in [6.45, 7) is 4.73. The van der Waals surface area contributed by atoms with Crippen LogP contribution < -0.4 is 4.90 Å². The minimum Gasteiger partial charge on any atom is -0.310 e. The highest BCUT2D eigenvalue weighted by Gasteiger charge is 2.46. The Hall–Kier alpha value is -7.00. The molecule has 284 valence electrons. The molecule has 1 heterocycles. The van der Waals surface area contributed by atoms with Crippen molar-refractivity contribution < 1.29 is 0 Å². The van der Waals surface area contributed by atoms with Gasteiger partial charge < -0.3 is 4.90 Å². The molecule has 0 aliphatic heterocycles. The van der Waals surface area contributed by atoms with Crippen molar-refractivity contribution in [3.8, 4) is 33.4 Å². The highest BCUT2D eigenvalue weighted by atomic mass is 32.1. The number of benzene rings is 9. The molecule has 2 heteroatoms. The van der Waals surface area contributed by atoms with Gasteiger partial charge in [0, 0.05) is 42.6 Å². The van der Waals surface area contributed by atoms with Crippen LogP contribution in [0.2, 0.25) is 0 Å². The quantitative estimate of drug-likeness (QED) is 0.162. The second kappa shape index (κ2) is 13.3. The largest absolute Gasteiger partial charge is 0.310 e. The predicted octanol–water partition coefficient (Wildman–Crippen LogP) is 15.9. The Morgan fingerprint density at radius 3 is 1.58 bits per heavy atom. The molecule has 1 aromatic heterocycles. The average Bonchev–Trinajstić information content (AvgIpc) is 3.90. The van der Waals surface area contributed by atoms with Gasteiger partial charge >= 0.3 is 0 Å². The van der Waals surface area contributed by atoms with Crippen LogP contribution >= 0.6 is 11.3 Å². The SMILES string of the molecule is CC1(C)c2ccccc2-c2ccc(N(c3ccc(-c4ccccc4)cc3)c3ccc4c(c3)sc3ccc(C5(c6ccccc6)c6ccccc6-c6ccccc65)cc34)cc21. The summed E-state index contributed by atoms with van der Waals surface area (Å²) in [5.74, 6) is 0. The number of fused-ring (bicyclic) bond motifs is 9. The number of thiophene rings is 1. The molecule has 0 N–H and O–H groups in total. The Morgan fingerprint density at radius 1 is 0.350 bits per heavy atom. The first kappa shape index (κ1) is 35.0. The summed E-state index contributed by atoms with van der Waals surface area (Å²) in [7, 11) is 0. The van der Waals surface area contributed by atoms with Crippen LogP contribution in [0.5, 0.6) is 0 Å². The number of rotatable bonds is 6. The van der Waals surface area contributed by atoms with E-state index in [0.29, 0.717) is 0 Å². The lowest BCUT2D eigenvalue weighted by Gasteiger charge is -2.34. The first-order valence-corrected chi connectivity index (χ1v) is 21.7. The molecule has 9 aromatic carbocycles. The van der Waals surface area contributed by atoms with Gasteiger partial charge in [0.1, 0.15) is 0 Å². The van der Waals surface area contributed by atoms with Gasteiger partial charge in [-0.3, -0.25) is 0 Å². The van der Waals surface area contributed by atoms with E-state index in [4.69, 9.17) is 0 Å². The fourth-order valence-electron chi connectivity index (χ4n) is 10.6. The first-order chi connectivity index (χ1) is 29.5. The van der Waals surface area contributed by atoms with Crippen LogP contribution in [-0.2, 0) is 10.8 Å². The standard InChI is InChI=1S/C58H41NS/c1-57(2)51-22-12-9-19-45(51)48-32-30-43(36-54(48)57)59(42-28-25-39(26-29-42)38-15-5-3-6-16-38)44-31-33-49-50-35-41(27-34-55(50)60-56(49)37-44)58(40-17-7-4-8-18-40)52-23-13-10-20-46(52)47-21-11-14-24-53(47)58/h3-37H,1-2H3. The molecule has 10 aromatic rings. The Balaban J connectivity index is 1.03. The van der Waals surface area contributed by atoms with Crippen LogP contribution in [0.3, 0.4) is 0 Å². The van der Waals surface area contributed by atoms with E-state index >= 15 is 0 Å². The average molecular weight is 784 g/mol. The summed E-state index contributed by atoms with van der Waals surface area (Å²) in [4.78, 5) is 2.44. The predicted molar refractivity (Wildman–Crippen MR) is 254 cm³/mol. The van der Waals surface area contributed by atoms with Crippen molar-refractivity contribution in [3.63, 3.8) is 0 Å². The van der Waals surface area contributed by atoms with Crippen LogP contribution in [0, 0.1) is 0 Å². The zero-order valence-electron chi connectivity index (χ0n) is 33.6. The molecule has 0 spiro atoms. The van der Waals surface area contributed by atoms with Crippen molar-refractivity contribution in [2.45, 2.75) is 24.7 Å². The van der Waals surface area contributed by atoms with Crippen molar-refractivity contribution in [3.05, 3.63) is 246 Å². The van der Waals surface area contributed by atoms with Crippen molar-refractivity contribution in [2.24, 2.45) is 0 Å². The lowest BCUT2D eigenvalue weighted by molar-refractivity contribution is 0.660. The van der Waals surface area contributed by atoms with Gasteiger partial charge in [0.05, 0.1) is 5.41 Å². The fourth-order valence-corrected chi connectivity index (χ4v) is 11.7. The first-order valence-electron chi connectivity index (χ1n) is 20.9. The second-order valence-electron chi connectivity index (χ2n) is 16.8. The number of anilines is 3. The molecule has 0 fully saturated rings. The molecule has 0 radical (unpaired) electrons. The summed E-state index contributed by atoms with van der Waals surface area (Å²) < 4.78 is 2.57. The van der Waals surface area contributed by atoms with Crippen molar-refractivity contribution in [1.82, 2.24) is 0 Å². The molecule has 0 bridgehead atoms. The summed E-state index contributed by atoms with van der Waals surface area (Å²) in [5.41, 5.74) is 18.7. The maximum atomic E-state index is 2.49. The van der Waals surface area contributed by atoms with Gasteiger partial charge in [-0.2, -0.15) is 0 Å². The lowest BCUT2D eigenvalue weighted by atomic mass is 9.67. The van der Waals surface area contributed by atoms with Crippen LogP contribution in [0.1, 0.15) is 47.2 Å². The molecule has 60 heavy (non-hydrogen) atoms. The Kier molecular flexibility index (Phi) is 7.73. The van der Waals surface area contributed by atoms with Gasteiger partial charge in [0.2, 0.25) is 0 Å². The van der Waals surface area contributed by atoms with E-state index in [1.54, 1.807) is 0 Å². The molecule has 2 aliphatic carbocycles. The van der Waals surface area contributed by atoms with E-state index in [1.807, 2.05) is 11.3 Å². The maximum Gasteiger partial charge on any atom is 0.0713 e. The molecule has 2 aliphatic rings. The van der Waals surface area contributed by atoms with Gasteiger partial charge in [-0.1, -0.05) is 178 Å². The third-order valence-corrected chi connectivity index (χ3v) is 14.5. The molecule has 1 nitrogen and oxygen atoms in total. The van der Waals surface area contributed by atoms with E-state index in [2.05, 4.69) is 231 Å². The molecule has 0 amide bonds. The van der Waals surface area contributed by atoms with Gasteiger partial charge in [0.25, 0.3) is 0 Å². The molecular weight excluding hydrogens is 743 g/mol. The minimum atomic E-state index is -0.430. The number of hydrogen-bond acceptors (Lipinski definition) is 2. The minimum absolute atomic E-state index is 0.102. The van der Waals surface area contributed by atoms with E-state index < -0.39 is 5.41 Å². The molecule has 12 rings (SSSR count). The van der Waals surface area contributed by atoms with Crippen LogP contribution in [0.25, 0.3) is 53.6 Å². The summed E-state index contributed by atoms with van der Waals surface area (Å²) in [6, 6.07) is 79.1.